The molecule has 0 saturated carbocycles. The zero-order valence-electron chi connectivity index (χ0n) is 9.20. The molecule has 0 saturated heterocycles. The lowest BCUT2D eigenvalue weighted by atomic mass is 10.1. The molecule has 0 radical (unpaired) electrons. The molecule has 0 aliphatic heterocycles. The van der Waals surface area contributed by atoms with Gasteiger partial charge in [0.05, 0.1) is 12.7 Å². The average molecular weight is 205 g/mol. The van der Waals surface area contributed by atoms with Crippen LogP contribution in [0.2, 0.25) is 0 Å². The van der Waals surface area contributed by atoms with E-state index in [4.69, 9.17) is 10.2 Å². The van der Waals surface area contributed by atoms with Gasteiger partial charge in [-0.05, 0) is 32.9 Å². The highest BCUT2D eigenvalue weighted by atomic mass is 16.3. The van der Waals surface area contributed by atoms with Gasteiger partial charge in [0.25, 0.3) is 0 Å². The Morgan fingerprint density at radius 2 is 2.00 bits per heavy atom. The molecule has 0 amide bonds. The second kappa shape index (κ2) is 15.0. The molecule has 0 aromatic carbocycles. The van der Waals surface area contributed by atoms with Gasteiger partial charge >= 0.3 is 0 Å². The van der Waals surface area contributed by atoms with Gasteiger partial charge < -0.3 is 20.3 Å². The zero-order valence-corrected chi connectivity index (χ0v) is 9.20. The monoisotopic (exact) mass is 205 g/mol. The van der Waals surface area contributed by atoms with Gasteiger partial charge in [-0.15, -0.1) is 0 Å². The molecule has 86 valence electrons. The van der Waals surface area contributed by atoms with Crippen molar-refractivity contribution in [2.75, 3.05) is 20.2 Å². The molecule has 0 aromatic heterocycles. The van der Waals surface area contributed by atoms with Crippen LogP contribution in [0.25, 0.3) is 0 Å². The van der Waals surface area contributed by atoms with Crippen LogP contribution in [0.1, 0.15) is 32.6 Å². The minimum absolute atomic E-state index is 0.112. The second-order valence-corrected chi connectivity index (χ2v) is 3.01. The van der Waals surface area contributed by atoms with Crippen LogP contribution in [0.15, 0.2) is 0 Å². The molecular formula is C10H23NO3. The zero-order chi connectivity index (χ0) is 11.2. The highest BCUT2D eigenvalue weighted by Gasteiger charge is 1.99. The van der Waals surface area contributed by atoms with Crippen molar-refractivity contribution < 1.29 is 15.0 Å². The molecule has 0 fully saturated rings. The molecule has 1 unspecified atom stereocenters. The standard InChI is InChI=1S/C7H17NO2.C3H6O/c1-8-5-3-2-4-7(10)6-9;1-2-3-4/h7-10H,2-6H2,1H3;3H,2H2,1H3. The maximum Gasteiger partial charge on any atom is 0.119 e. The van der Waals surface area contributed by atoms with E-state index in [-0.39, 0.29) is 6.61 Å². The summed E-state index contributed by atoms with van der Waals surface area (Å²) in [6.45, 7) is 2.69. The van der Waals surface area contributed by atoms with Crippen molar-refractivity contribution in [3.8, 4) is 0 Å². The minimum Gasteiger partial charge on any atom is -0.394 e. The summed E-state index contributed by atoms with van der Waals surface area (Å²) in [6.07, 6.45) is 3.74. The second-order valence-electron chi connectivity index (χ2n) is 3.01. The third-order valence-corrected chi connectivity index (χ3v) is 1.59. The Morgan fingerprint density at radius 3 is 2.36 bits per heavy atom. The molecule has 0 aromatic rings. The Kier molecular flexibility index (Phi) is 17.2. The highest BCUT2D eigenvalue weighted by molar-refractivity contribution is 5.48. The summed E-state index contributed by atoms with van der Waals surface area (Å²) >= 11 is 0. The maximum atomic E-state index is 9.17. The molecule has 0 bridgehead atoms. The largest absolute Gasteiger partial charge is 0.394 e. The Labute approximate surface area is 86.3 Å². The molecule has 4 heteroatoms. The summed E-state index contributed by atoms with van der Waals surface area (Å²) in [6, 6.07) is 0. The molecule has 0 aliphatic rings. The van der Waals surface area contributed by atoms with Crippen LogP contribution in [-0.4, -0.2) is 42.8 Å². The van der Waals surface area contributed by atoms with Crippen LogP contribution >= 0.6 is 0 Å². The lowest BCUT2D eigenvalue weighted by molar-refractivity contribution is -0.107. The Balaban J connectivity index is 0. The average Bonchev–Trinajstić information content (AvgIpc) is 2.24. The lowest BCUT2D eigenvalue weighted by Crippen LogP contribution is -2.13. The summed E-state index contributed by atoms with van der Waals surface area (Å²) in [5.41, 5.74) is 0. The van der Waals surface area contributed by atoms with Gasteiger partial charge in [-0.3, -0.25) is 0 Å². The topological polar surface area (TPSA) is 69.6 Å². The number of carbonyl (C=O) groups excluding carboxylic acids is 1. The molecule has 3 N–H and O–H groups in total. The van der Waals surface area contributed by atoms with Gasteiger partial charge in [-0.2, -0.15) is 0 Å². The van der Waals surface area contributed by atoms with Crippen LogP contribution in [0.3, 0.4) is 0 Å². The number of carbonyl (C=O) groups is 1. The molecule has 0 rings (SSSR count). The number of aliphatic hydroxyl groups is 2. The summed E-state index contributed by atoms with van der Waals surface area (Å²) in [4.78, 5) is 9.17. The van der Waals surface area contributed by atoms with Crippen molar-refractivity contribution in [3.63, 3.8) is 0 Å². The predicted molar refractivity (Wildman–Crippen MR) is 57.2 cm³/mol. The predicted octanol–water partition coefficient (Wildman–Crippen LogP) is 0.325. The van der Waals surface area contributed by atoms with Gasteiger partial charge in [0.1, 0.15) is 6.29 Å². The fourth-order valence-corrected chi connectivity index (χ4v) is 0.773. The molecule has 1 atom stereocenters. The van der Waals surface area contributed by atoms with Crippen LogP contribution in [0.5, 0.6) is 0 Å². The maximum absolute atomic E-state index is 9.17. The summed E-state index contributed by atoms with van der Waals surface area (Å²) < 4.78 is 0. The smallest absolute Gasteiger partial charge is 0.119 e. The fraction of sp³-hybridized carbons (Fsp3) is 0.900. The van der Waals surface area contributed by atoms with Crippen LogP contribution < -0.4 is 5.32 Å². The number of aldehydes is 1. The minimum atomic E-state index is -0.517. The van der Waals surface area contributed by atoms with Crippen molar-refractivity contribution in [2.45, 2.75) is 38.7 Å². The Morgan fingerprint density at radius 1 is 1.43 bits per heavy atom. The summed E-state index contributed by atoms with van der Waals surface area (Å²) in [7, 11) is 1.91. The number of rotatable bonds is 7. The van der Waals surface area contributed by atoms with Crippen molar-refractivity contribution in [1.82, 2.24) is 5.32 Å². The van der Waals surface area contributed by atoms with Crippen molar-refractivity contribution in [2.24, 2.45) is 0 Å². The number of unbranched alkanes of at least 4 members (excludes halogenated alkanes) is 1. The van der Waals surface area contributed by atoms with E-state index in [1.807, 2.05) is 14.0 Å². The quantitative estimate of drug-likeness (QED) is 0.414. The van der Waals surface area contributed by atoms with Gasteiger partial charge in [0.15, 0.2) is 0 Å². The molecule has 14 heavy (non-hydrogen) atoms. The molecule has 0 spiro atoms. The van der Waals surface area contributed by atoms with Crippen LogP contribution in [0, 0.1) is 0 Å². The number of nitrogens with one attached hydrogen (secondary N) is 1. The van der Waals surface area contributed by atoms with Crippen molar-refractivity contribution >= 4 is 6.29 Å². The van der Waals surface area contributed by atoms with E-state index in [2.05, 4.69) is 5.32 Å². The Hall–Kier alpha value is -0.450. The molecular weight excluding hydrogens is 182 g/mol. The third kappa shape index (κ3) is 17.6. The summed E-state index contributed by atoms with van der Waals surface area (Å²) in [5.74, 6) is 0. The lowest BCUT2D eigenvalue weighted by Gasteiger charge is -2.05. The molecule has 0 heterocycles. The van der Waals surface area contributed by atoms with Gasteiger partial charge in [-0.1, -0.05) is 6.92 Å². The fourth-order valence-electron chi connectivity index (χ4n) is 0.773. The third-order valence-electron chi connectivity index (χ3n) is 1.59. The molecule has 0 aliphatic carbocycles. The van der Waals surface area contributed by atoms with Gasteiger partial charge in [0.2, 0.25) is 0 Å². The number of hydrogen-bond donors (Lipinski definition) is 3. The van der Waals surface area contributed by atoms with Gasteiger partial charge in [-0.25, -0.2) is 0 Å². The SMILES string of the molecule is CCC=O.CNCCCCC(O)CO. The van der Waals surface area contributed by atoms with Crippen LogP contribution in [0.4, 0.5) is 0 Å². The number of aliphatic hydroxyl groups excluding tert-OH is 2. The van der Waals surface area contributed by atoms with E-state index in [9.17, 15) is 4.79 Å². The van der Waals surface area contributed by atoms with E-state index < -0.39 is 6.10 Å². The first-order valence-corrected chi connectivity index (χ1v) is 5.10. The van der Waals surface area contributed by atoms with E-state index in [1.165, 1.54) is 0 Å². The highest BCUT2D eigenvalue weighted by Crippen LogP contribution is 1.98. The Bertz CT molecular complexity index is 110. The van der Waals surface area contributed by atoms with E-state index in [0.29, 0.717) is 12.8 Å². The van der Waals surface area contributed by atoms with E-state index in [0.717, 1.165) is 25.7 Å². The van der Waals surface area contributed by atoms with E-state index in [1.54, 1.807) is 0 Å². The first-order valence-electron chi connectivity index (χ1n) is 5.10. The van der Waals surface area contributed by atoms with E-state index >= 15 is 0 Å². The number of hydrogen-bond acceptors (Lipinski definition) is 4. The first kappa shape index (κ1) is 16.0. The normalized spacial score (nSPS) is 11.4. The summed E-state index contributed by atoms with van der Waals surface area (Å²) in [5, 5.41) is 20.3. The first-order chi connectivity index (χ1) is 6.72. The van der Waals surface area contributed by atoms with Crippen molar-refractivity contribution in [1.29, 1.82) is 0 Å². The van der Waals surface area contributed by atoms with Crippen molar-refractivity contribution in [3.05, 3.63) is 0 Å². The molecule has 4 nitrogen and oxygen atoms in total. The van der Waals surface area contributed by atoms with Crippen LogP contribution in [-0.2, 0) is 4.79 Å². The van der Waals surface area contributed by atoms with Gasteiger partial charge in [0, 0.05) is 6.42 Å².